The number of hydrogen-bond donors (Lipinski definition) is 1. The summed E-state index contributed by atoms with van der Waals surface area (Å²) in [7, 11) is 1.55. The zero-order chi connectivity index (χ0) is 29.7. The lowest BCUT2D eigenvalue weighted by molar-refractivity contribution is -0.133. The molecule has 0 aromatic heterocycles. The molecule has 1 unspecified atom stereocenters. The summed E-state index contributed by atoms with van der Waals surface area (Å²) >= 11 is 6.10. The molecule has 3 aromatic carbocycles. The molecule has 0 saturated carbocycles. The molecule has 1 heterocycles. The number of carboxylic acids is 1. The predicted octanol–water partition coefficient (Wildman–Crippen LogP) is 6.97. The molecule has 1 atom stereocenters. The summed E-state index contributed by atoms with van der Waals surface area (Å²) < 4.78 is 48.1. The molecule has 0 radical (unpaired) electrons. The molecule has 0 saturated heterocycles. The number of amides is 1. The van der Waals surface area contributed by atoms with Crippen molar-refractivity contribution in [2.75, 3.05) is 20.1 Å². The molecule has 1 amide bonds. The van der Waals surface area contributed by atoms with Crippen LogP contribution in [0.15, 0.2) is 95.1 Å². The van der Waals surface area contributed by atoms with Crippen LogP contribution >= 0.6 is 11.6 Å². The van der Waals surface area contributed by atoms with Gasteiger partial charge in [0.05, 0.1) is 17.3 Å². The van der Waals surface area contributed by atoms with Crippen LogP contribution in [-0.2, 0) is 4.79 Å². The van der Waals surface area contributed by atoms with Gasteiger partial charge in [0.25, 0.3) is 5.91 Å². The van der Waals surface area contributed by atoms with Crippen LogP contribution in [0.25, 0.3) is 0 Å². The van der Waals surface area contributed by atoms with E-state index < -0.39 is 24.0 Å². The number of nitrogens with zero attached hydrogens (tertiary/aromatic N) is 3. The molecule has 1 aliphatic rings. The SMILES string of the molecule is CC1=C(C(=O)O)C(c2cccc(Cl)c2)N(CCCN(C)C(=O)c2ccc(Oc3ccccc3)cc2)C(C(F)(F)F)=N1. The smallest absolute Gasteiger partial charge is 0.449 e. The van der Waals surface area contributed by atoms with Gasteiger partial charge >= 0.3 is 12.1 Å². The largest absolute Gasteiger partial charge is 0.478 e. The lowest BCUT2D eigenvalue weighted by Crippen LogP contribution is -2.48. The van der Waals surface area contributed by atoms with E-state index in [9.17, 15) is 27.9 Å². The summed E-state index contributed by atoms with van der Waals surface area (Å²) in [6.45, 7) is 1.13. The van der Waals surface area contributed by atoms with Crippen molar-refractivity contribution in [1.82, 2.24) is 9.80 Å². The van der Waals surface area contributed by atoms with E-state index in [0.29, 0.717) is 17.1 Å². The molecule has 0 aliphatic carbocycles. The van der Waals surface area contributed by atoms with Gasteiger partial charge in [-0.3, -0.25) is 4.79 Å². The number of carbonyl (C=O) groups is 2. The Morgan fingerprint density at radius 3 is 2.29 bits per heavy atom. The quantitative estimate of drug-likeness (QED) is 0.293. The van der Waals surface area contributed by atoms with E-state index in [2.05, 4.69) is 4.99 Å². The Balaban J connectivity index is 1.50. The number of aliphatic carboxylic acids is 1. The predicted molar refractivity (Wildman–Crippen MR) is 149 cm³/mol. The van der Waals surface area contributed by atoms with Crippen molar-refractivity contribution < 1.29 is 32.6 Å². The van der Waals surface area contributed by atoms with Gasteiger partial charge in [-0.25, -0.2) is 9.79 Å². The van der Waals surface area contributed by atoms with Crippen LogP contribution in [0.3, 0.4) is 0 Å². The standard InChI is InChI=1S/C30H27ClF3N3O4/c1-19-25(28(39)40)26(21-8-6-9-22(31)18-21)37(29(35-19)30(32,33)34)17-7-16-36(2)27(38)20-12-14-24(15-13-20)41-23-10-4-3-5-11-23/h3-6,8-15,18,26H,7,16-17H2,1-2H3,(H,39,40). The number of amidine groups is 1. The van der Waals surface area contributed by atoms with Crippen molar-refractivity contribution in [1.29, 1.82) is 0 Å². The van der Waals surface area contributed by atoms with Gasteiger partial charge in [0.15, 0.2) is 0 Å². The Morgan fingerprint density at radius 1 is 1.02 bits per heavy atom. The maximum atomic E-state index is 14.1. The zero-order valence-corrected chi connectivity index (χ0v) is 23.0. The molecule has 3 aromatic rings. The van der Waals surface area contributed by atoms with Gasteiger partial charge in [-0.05, 0) is 67.4 Å². The molecule has 0 fully saturated rings. The molecule has 1 aliphatic heterocycles. The number of benzene rings is 3. The molecule has 11 heteroatoms. The second-order valence-corrected chi connectivity index (χ2v) is 9.84. The minimum Gasteiger partial charge on any atom is -0.478 e. The minimum atomic E-state index is -4.84. The summed E-state index contributed by atoms with van der Waals surface area (Å²) in [5.74, 6) is -1.71. The van der Waals surface area contributed by atoms with Crippen molar-refractivity contribution in [3.8, 4) is 11.5 Å². The number of rotatable bonds is 9. The topological polar surface area (TPSA) is 82.4 Å². The second-order valence-electron chi connectivity index (χ2n) is 9.41. The summed E-state index contributed by atoms with van der Waals surface area (Å²) in [4.78, 5) is 31.1. The number of para-hydroxylation sites is 1. The Labute approximate surface area is 240 Å². The Kier molecular flexibility index (Phi) is 9.02. The van der Waals surface area contributed by atoms with E-state index in [0.717, 1.165) is 4.90 Å². The average Bonchev–Trinajstić information content (AvgIpc) is 2.93. The number of hydrogen-bond acceptors (Lipinski definition) is 5. The number of carbonyl (C=O) groups excluding carboxylic acids is 1. The number of carboxylic acid groups (broad SMARTS) is 1. The van der Waals surface area contributed by atoms with Gasteiger partial charge in [0.2, 0.25) is 5.84 Å². The van der Waals surface area contributed by atoms with Crippen molar-refractivity contribution in [2.24, 2.45) is 4.99 Å². The zero-order valence-electron chi connectivity index (χ0n) is 22.2. The van der Waals surface area contributed by atoms with Gasteiger partial charge in [-0.1, -0.05) is 41.9 Å². The van der Waals surface area contributed by atoms with Gasteiger partial charge in [-0.2, -0.15) is 13.2 Å². The van der Waals surface area contributed by atoms with Crippen LogP contribution in [0.5, 0.6) is 11.5 Å². The summed E-state index contributed by atoms with van der Waals surface area (Å²) in [5.41, 5.74) is 0.153. The molecule has 214 valence electrons. The Bertz CT molecular complexity index is 1470. The van der Waals surface area contributed by atoms with Gasteiger partial charge in [-0.15, -0.1) is 0 Å². The fourth-order valence-electron chi connectivity index (χ4n) is 4.61. The number of alkyl halides is 3. The van der Waals surface area contributed by atoms with Crippen LogP contribution in [0.2, 0.25) is 5.02 Å². The molecule has 41 heavy (non-hydrogen) atoms. The summed E-state index contributed by atoms with van der Waals surface area (Å²) in [6, 6.07) is 20.5. The van der Waals surface area contributed by atoms with Crippen molar-refractivity contribution >= 4 is 29.3 Å². The summed E-state index contributed by atoms with van der Waals surface area (Å²) in [5, 5.41) is 10.2. The van der Waals surface area contributed by atoms with Crippen LogP contribution in [0.1, 0.15) is 35.3 Å². The maximum absolute atomic E-state index is 14.1. The molecular formula is C30H27ClF3N3O4. The van der Waals surface area contributed by atoms with E-state index in [-0.39, 0.29) is 47.3 Å². The number of allylic oxidation sites excluding steroid dienone is 1. The second kappa shape index (κ2) is 12.5. The average molecular weight is 586 g/mol. The number of aliphatic imine (C=N–C) groups is 1. The van der Waals surface area contributed by atoms with Crippen LogP contribution in [0, 0.1) is 0 Å². The molecule has 0 bridgehead atoms. The highest BCUT2D eigenvalue weighted by atomic mass is 35.5. The van der Waals surface area contributed by atoms with Gasteiger partial charge < -0.3 is 19.6 Å². The first kappa shape index (κ1) is 29.7. The first-order chi connectivity index (χ1) is 19.5. The maximum Gasteiger partial charge on any atom is 0.449 e. The monoisotopic (exact) mass is 585 g/mol. The van der Waals surface area contributed by atoms with Crippen LogP contribution in [0.4, 0.5) is 13.2 Å². The highest BCUT2D eigenvalue weighted by Crippen LogP contribution is 2.39. The third kappa shape index (κ3) is 7.07. The van der Waals surface area contributed by atoms with E-state index in [1.165, 1.54) is 24.0 Å². The number of ether oxygens (including phenoxy) is 1. The lowest BCUT2D eigenvalue weighted by Gasteiger charge is -2.39. The van der Waals surface area contributed by atoms with E-state index in [4.69, 9.17) is 16.3 Å². The molecule has 1 N–H and O–H groups in total. The summed E-state index contributed by atoms with van der Waals surface area (Å²) in [6.07, 6.45) is -4.73. The first-order valence-electron chi connectivity index (χ1n) is 12.7. The van der Waals surface area contributed by atoms with Crippen molar-refractivity contribution in [3.05, 3.63) is 106 Å². The highest BCUT2D eigenvalue weighted by Gasteiger charge is 2.47. The van der Waals surface area contributed by atoms with Crippen LogP contribution in [-0.4, -0.2) is 58.9 Å². The van der Waals surface area contributed by atoms with Gasteiger partial charge in [0.1, 0.15) is 11.5 Å². The van der Waals surface area contributed by atoms with E-state index >= 15 is 0 Å². The molecular weight excluding hydrogens is 559 g/mol. The first-order valence-corrected chi connectivity index (χ1v) is 13.0. The third-order valence-corrected chi connectivity index (χ3v) is 6.72. The van der Waals surface area contributed by atoms with E-state index in [1.807, 2.05) is 18.2 Å². The van der Waals surface area contributed by atoms with Crippen molar-refractivity contribution in [2.45, 2.75) is 25.6 Å². The molecule has 4 rings (SSSR count). The number of halogens is 4. The van der Waals surface area contributed by atoms with Crippen molar-refractivity contribution in [3.63, 3.8) is 0 Å². The van der Waals surface area contributed by atoms with Gasteiger partial charge in [0, 0.05) is 30.7 Å². The molecule has 7 nitrogen and oxygen atoms in total. The lowest BCUT2D eigenvalue weighted by atomic mass is 9.93. The Morgan fingerprint density at radius 2 is 1.68 bits per heavy atom. The van der Waals surface area contributed by atoms with E-state index in [1.54, 1.807) is 55.6 Å². The Hall–Kier alpha value is -4.31. The fourth-order valence-corrected chi connectivity index (χ4v) is 4.80. The third-order valence-electron chi connectivity index (χ3n) is 6.49. The minimum absolute atomic E-state index is 0.107. The fraction of sp³-hybridized carbons (Fsp3) is 0.233. The highest BCUT2D eigenvalue weighted by molar-refractivity contribution is 6.30. The molecule has 0 spiro atoms. The normalized spacial score (nSPS) is 15.4. The van der Waals surface area contributed by atoms with Crippen LogP contribution < -0.4 is 4.74 Å².